The summed E-state index contributed by atoms with van der Waals surface area (Å²) in [6.45, 7) is 7.76. The molecule has 11 aromatic carbocycles. The van der Waals surface area contributed by atoms with Crippen molar-refractivity contribution < 1.29 is 115 Å². The van der Waals surface area contributed by atoms with Crippen molar-refractivity contribution in [1.29, 1.82) is 0 Å². The molecule has 0 saturated carbocycles. The number of pyridine rings is 3. The fourth-order valence-corrected chi connectivity index (χ4v) is 16.9. The number of aryl methyl sites for hydroxylation is 2. The zero-order chi connectivity index (χ0) is 93.7. The Morgan fingerprint density at radius 3 is 1.22 bits per heavy atom. The highest BCUT2D eigenvalue weighted by Crippen LogP contribution is 2.42. The van der Waals surface area contributed by atoms with Gasteiger partial charge in [0.25, 0.3) is 5.91 Å². The van der Waals surface area contributed by atoms with E-state index < -0.39 is 168 Å². The minimum atomic E-state index is -5.32. The molecule has 0 bridgehead atoms. The summed E-state index contributed by atoms with van der Waals surface area (Å²) in [4.78, 5) is 60.0. The maximum Gasteiger partial charge on any atom is 0.357 e. The number of thioether (sulfide) groups is 1. The van der Waals surface area contributed by atoms with Gasteiger partial charge in [0.05, 0.1) is 59.4 Å². The van der Waals surface area contributed by atoms with Crippen LogP contribution in [0.25, 0.3) is 72.0 Å². The van der Waals surface area contributed by atoms with Crippen LogP contribution < -0.4 is 38.9 Å². The zero-order valence-corrected chi connectivity index (χ0v) is 72.7. The van der Waals surface area contributed by atoms with Gasteiger partial charge in [-0.05, 0) is 164 Å². The van der Waals surface area contributed by atoms with Gasteiger partial charge in [0.15, 0.2) is 10.9 Å². The molecule has 1 aliphatic heterocycles. The molecular weight excluding hydrogens is 1920 g/mol. The first-order valence-corrected chi connectivity index (χ1v) is 42.0. The van der Waals surface area contributed by atoms with Crippen LogP contribution >= 0.6 is 62.8 Å². The molecule has 4 heterocycles. The molecule has 3 aromatic heterocycles. The van der Waals surface area contributed by atoms with Crippen LogP contribution in [0.3, 0.4) is 0 Å². The average molecular weight is 1980 g/mol. The Bertz CT molecular complexity index is 7340. The van der Waals surface area contributed by atoms with Crippen LogP contribution in [0, 0.1) is 108 Å². The van der Waals surface area contributed by atoms with Crippen molar-refractivity contribution in [3.05, 3.63) is 332 Å². The Morgan fingerprint density at radius 1 is 0.434 bits per heavy atom. The number of halogens is 19. The van der Waals surface area contributed by atoms with E-state index in [-0.39, 0.29) is 85.8 Å². The highest BCUT2D eigenvalue weighted by molar-refractivity contribution is 9.10. The third-order valence-corrected chi connectivity index (χ3v) is 24.9. The van der Waals surface area contributed by atoms with Gasteiger partial charge < -0.3 is 36.3 Å². The second-order valence-corrected chi connectivity index (χ2v) is 33.9. The lowest BCUT2D eigenvalue weighted by molar-refractivity contribution is -0.127. The van der Waals surface area contributed by atoms with E-state index in [4.69, 9.17) is 49.4 Å². The largest absolute Gasteiger partial charge is 0.495 e. The maximum atomic E-state index is 15.4. The van der Waals surface area contributed by atoms with Gasteiger partial charge in [-0.25, -0.2) is 57.5 Å². The van der Waals surface area contributed by atoms with Crippen molar-refractivity contribution in [3.63, 3.8) is 0 Å². The van der Waals surface area contributed by atoms with Crippen LogP contribution in [0.1, 0.15) is 43.9 Å². The summed E-state index contributed by atoms with van der Waals surface area (Å²) in [5.74, 6) is -31.3. The number of aromatic nitrogens is 3. The predicted molar refractivity (Wildman–Crippen MR) is 457 cm³/mol. The molecule has 3 amide bonds. The van der Waals surface area contributed by atoms with E-state index in [1.807, 2.05) is 47.9 Å². The van der Waals surface area contributed by atoms with E-state index >= 15 is 8.78 Å². The van der Waals surface area contributed by atoms with Gasteiger partial charge in [-0.2, -0.15) is 38.8 Å². The summed E-state index contributed by atoms with van der Waals surface area (Å²) < 4.78 is 293. The molecule has 0 unspecified atom stereocenters. The maximum absolute atomic E-state index is 15.4. The van der Waals surface area contributed by atoms with Crippen LogP contribution in [0.5, 0.6) is 28.7 Å². The number of ether oxygens (including phenoxy) is 3. The van der Waals surface area contributed by atoms with E-state index in [9.17, 15) is 97.9 Å². The van der Waals surface area contributed by atoms with Crippen LogP contribution in [0.2, 0.25) is 5.02 Å². The molecule has 15 rings (SSSR count). The standard InChI is InChI=1S/C29H15ClF7NO5S.C29H16F7NO5S.C24H19BrFNO2S.C5H6Cl2N2O2.CH4/c1-12-22(30)28(39)17-9-15(44(40,41)43-29-26(36)24(34)23(33)25(35)27(29)37)6-7-19(17)38(12)20-11-18(32)16(10-21(20)42-2)13-4-3-5-14(31)8-13;1-13-8-22(38)18-10-16(43(39,40)42-29-27(35)25(33)24(32)26(34)28(29)36)6-7-20(18)37(13)21-12-19(31)17(11-23(21)41-2)14-4-3-5-15(30)9-14;1-15-10-23(28)18-11-17(30-14-16-6-4-3-5-7-16)8-9-21(18)27(15)22-13-20(26)19(25)12-24(22)29-2;1-5(2)3(10)8(6)4(11)9(5)7;/h3-11H,1-2H3;3-12H,1-2H3;3-13H,14H2,1-2H3;1-2H3;1H4. The molecule has 0 spiro atoms. The summed E-state index contributed by atoms with van der Waals surface area (Å²) in [6, 6.07) is 41.2. The van der Waals surface area contributed by atoms with Crippen molar-refractivity contribution in [3.8, 4) is 68.1 Å². The van der Waals surface area contributed by atoms with Gasteiger partial charge in [-0.3, -0.25) is 19.2 Å². The number of benzene rings is 11. The topological polar surface area (TPSA) is 221 Å². The fraction of sp³-hybridized carbons (Fsp3) is 0.125. The summed E-state index contributed by atoms with van der Waals surface area (Å²) >= 11 is 21.9. The number of carbonyl (C=O) groups is 2. The van der Waals surface area contributed by atoms with Crippen LogP contribution in [-0.4, -0.2) is 78.2 Å². The fourth-order valence-electron chi connectivity index (χ4n) is 13.1. The Labute approximate surface area is 749 Å². The third-order valence-electron chi connectivity index (χ3n) is 19.5. The third kappa shape index (κ3) is 19.1. The molecular formula is C88H60BrCl3F15N5O14S3. The van der Waals surface area contributed by atoms with Gasteiger partial charge >= 0.3 is 26.3 Å². The second kappa shape index (κ2) is 38.5. The molecule has 129 heavy (non-hydrogen) atoms. The van der Waals surface area contributed by atoms with Crippen molar-refractivity contribution in [2.24, 2.45) is 0 Å². The van der Waals surface area contributed by atoms with Crippen molar-refractivity contribution in [2.75, 3.05) is 21.3 Å². The number of nitrogens with zero attached hydrogens (tertiary/aromatic N) is 5. The molecule has 672 valence electrons. The number of amides is 3. The molecule has 1 aliphatic rings. The van der Waals surface area contributed by atoms with E-state index in [0.717, 1.165) is 75.7 Å². The average Bonchev–Trinajstić information content (AvgIpc) is 1.34. The number of hydrogen-bond acceptors (Lipinski definition) is 15. The highest BCUT2D eigenvalue weighted by Gasteiger charge is 2.51. The Morgan fingerprint density at radius 2 is 0.822 bits per heavy atom. The Kier molecular flexibility index (Phi) is 29.0. The lowest BCUT2D eigenvalue weighted by atomic mass is 10.0. The van der Waals surface area contributed by atoms with Crippen molar-refractivity contribution in [1.82, 2.24) is 22.5 Å². The molecule has 14 aromatic rings. The number of fused-ring (bicyclic) bond motifs is 3. The number of methoxy groups -OCH3 is 3. The number of imide groups is 1. The summed E-state index contributed by atoms with van der Waals surface area (Å²) in [6.07, 6.45) is 0. The summed E-state index contributed by atoms with van der Waals surface area (Å²) in [5, 5.41) is -0.572. The van der Waals surface area contributed by atoms with Gasteiger partial charge in [0, 0.05) is 109 Å². The second-order valence-electron chi connectivity index (χ2n) is 27.9. The van der Waals surface area contributed by atoms with E-state index in [2.05, 4.69) is 36.4 Å². The number of carbonyl (C=O) groups excluding carboxylic acids is 2. The lowest BCUT2D eigenvalue weighted by Crippen LogP contribution is -2.38. The first-order valence-electron chi connectivity index (χ1n) is 36.4. The molecule has 0 aliphatic carbocycles. The van der Waals surface area contributed by atoms with Gasteiger partial charge in [-0.15, -0.1) is 11.8 Å². The van der Waals surface area contributed by atoms with Gasteiger partial charge in [0.2, 0.25) is 75.1 Å². The molecule has 1 fully saturated rings. The van der Waals surface area contributed by atoms with Crippen LogP contribution in [0.4, 0.5) is 70.7 Å². The van der Waals surface area contributed by atoms with Crippen molar-refractivity contribution >= 4 is 128 Å². The Balaban J connectivity index is 0.000000178. The SMILES string of the molecule is C.CC1(C)C(=O)N(Cl)C(=O)N1Cl.COc1cc(-c2cccc(F)c2)c(F)cc1-n1c(C)c(Cl)c(=O)c2cc(S(=O)(=O)Oc3c(F)c(F)c(F)c(F)c3F)ccc21.COc1cc(-c2cccc(F)c2)c(F)cc1-n1c(C)cc(=O)c2cc(S(=O)(=O)Oc3c(F)c(F)c(F)c(F)c3F)ccc21.COc1cc(Br)c(F)cc1-n1c(C)cc(=O)c2cc(SCc3ccccc3)ccc21. The normalized spacial score (nSPS) is 12.4. The minimum Gasteiger partial charge on any atom is -0.495 e. The van der Waals surface area contributed by atoms with E-state index in [1.165, 1.54) is 111 Å². The number of rotatable bonds is 17. The van der Waals surface area contributed by atoms with Gasteiger partial charge in [0.1, 0.15) is 66.7 Å². The first-order chi connectivity index (χ1) is 60.3. The number of hydrogen-bond donors (Lipinski definition) is 0. The molecule has 0 N–H and O–H groups in total. The molecule has 1 saturated heterocycles. The Hall–Kier alpha value is -12.5. The quantitative estimate of drug-likeness (QED) is 0.0157. The summed E-state index contributed by atoms with van der Waals surface area (Å²) in [7, 11) is -6.49. The first kappa shape index (κ1) is 97.2. The van der Waals surface area contributed by atoms with Crippen LogP contribution in [-0.2, 0) is 30.8 Å². The molecule has 0 radical (unpaired) electrons. The monoisotopic (exact) mass is 1980 g/mol. The lowest BCUT2D eigenvalue weighted by Gasteiger charge is -2.20. The highest BCUT2D eigenvalue weighted by atomic mass is 79.9. The van der Waals surface area contributed by atoms with E-state index in [1.54, 1.807) is 31.0 Å². The van der Waals surface area contributed by atoms with Gasteiger partial charge in [-0.1, -0.05) is 73.6 Å². The molecule has 19 nitrogen and oxygen atoms in total. The predicted octanol–water partition coefficient (Wildman–Crippen LogP) is 22.6. The zero-order valence-electron chi connectivity index (χ0n) is 66.4. The van der Waals surface area contributed by atoms with E-state index in [0.29, 0.717) is 43.0 Å². The summed E-state index contributed by atoms with van der Waals surface area (Å²) in [5.41, 5.74) is 1.16. The molecule has 41 heteroatoms. The number of urea groups is 1. The van der Waals surface area contributed by atoms with Crippen LogP contribution in [0.15, 0.2) is 216 Å². The molecule has 0 atom stereocenters. The minimum absolute atomic E-state index is 0. The van der Waals surface area contributed by atoms with Crippen molar-refractivity contribution in [2.45, 2.75) is 68.0 Å². The smallest absolute Gasteiger partial charge is 0.357 e.